The summed E-state index contributed by atoms with van der Waals surface area (Å²) in [5.41, 5.74) is 6.28. The molecule has 5 heteroatoms. The maximum atomic E-state index is 11.8. The van der Waals surface area contributed by atoms with Crippen molar-refractivity contribution in [3.8, 4) is 0 Å². The van der Waals surface area contributed by atoms with Crippen LogP contribution >= 0.6 is 12.2 Å². The lowest BCUT2D eigenvalue weighted by molar-refractivity contribution is -0.122. The Balaban J connectivity index is 2.56. The van der Waals surface area contributed by atoms with E-state index >= 15 is 0 Å². The Hall–Kier alpha value is -1.36. The van der Waals surface area contributed by atoms with Gasteiger partial charge in [-0.3, -0.25) is 4.79 Å². The third-order valence-electron chi connectivity index (χ3n) is 2.53. The summed E-state index contributed by atoms with van der Waals surface area (Å²) in [4.78, 5) is 12.1. The minimum absolute atomic E-state index is 0.0142. The highest BCUT2D eigenvalue weighted by Crippen LogP contribution is 2.02. The molecule has 0 bridgehead atoms. The molecule has 0 aliphatic heterocycles. The number of nitrogens with one attached hydrogen (secondary N) is 1. The Bertz CT molecular complexity index is 400. The Morgan fingerprint density at radius 2 is 2.35 bits per heavy atom. The molecule has 17 heavy (non-hydrogen) atoms. The van der Waals surface area contributed by atoms with Crippen LogP contribution in [0, 0.1) is 0 Å². The second kappa shape index (κ2) is 6.39. The minimum atomic E-state index is -0.0142. The molecule has 1 aromatic heterocycles. The van der Waals surface area contributed by atoms with Crippen LogP contribution in [0.2, 0.25) is 0 Å². The van der Waals surface area contributed by atoms with Crippen molar-refractivity contribution in [3.63, 3.8) is 0 Å². The van der Waals surface area contributed by atoms with E-state index in [2.05, 4.69) is 12.2 Å². The van der Waals surface area contributed by atoms with E-state index in [0.29, 0.717) is 4.99 Å². The number of hydrogen-bond donors (Lipinski definition) is 2. The first kappa shape index (κ1) is 13.7. The molecule has 0 aliphatic carbocycles. The van der Waals surface area contributed by atoms with Crippen molar-refractivity contribution >= 4 is 23.1 Å². The number of thiocarbonyl (C=S) groups is 1. The summed E-state index contributed by atoms with van der Waals surface area (Å²) < 4.78 is 1.76. The average molecular weight is 253 g/mol. The molecular formula is C12H19N3OS. The summed E-state index contributed by atoms with van der Waals surface area (Å²) in [6.07, 6.45) is 3.85. The number of nitrogens with zero attached hydrogens (tertiary/aromatic N) is 1. The number of rotatable bonds is 6. The van der Waals surface area contributed by atoms with Crippen LogP contribution in [0.15, 0.2) is 18.3 Å². The van der Waals surface area contributed by atoms with E-state index in [0.717, 1.165) is 18.5 Å². The van der Waals surface area contributed by atoms with Gasteiger partial charge in [0.05, 0.1) is 5.69 Å². The second-order valence-corrected chi connectivity index (χ2v) is 4.58. The molecule has 0 spiro atoms. The van der Waals surface area contributed by atoms with Crippen LogP contribution in [0.5, 0.6) is 0 Å². The van der Waals surface area contributed by atoms with Gasteiger partial charge < -0.3 is 15.6 Å². The Morgan fingerprint density at radius 3 is 2.94 bits per heavy atom. The van der Waals surface area contributed by atoms with Crippen molar-refractivity contribution in [2.24, 2.45) is 5.73 Å². The summed E-state index contributed by atoms with van der Waals surface area (Å²) in [6, 6.07) is 3.85. The van der Waals surface area contributed by atoms with Gasteiger partial charge in [-0.2, -0.15) is 0 Å². The van der Waals surface area contributed by atoms with Crippen LogP contribution in [-0.4, -0.2) is 21.5 Å². The van der Waals surface area contributed by atoms with Crippen LogP contribution in [0.4, 0.5) is 0 Å². The van der Waals surface area contributed by atoms with Crippen molar-refractivity contribution in [1.82, 2.24) is 9.88 Å². The first-order valence-electron chi connectivity index (χ1n) is 5.79. The molecule has 4 nitrogen and oxygen atoms in total. The molecular weight excluding hydrogens is 234 g/mol. The Kier molecular flexibility index (Phi) is 5.15. The molecule has 1 heterocycles. The number of carbonyl (C=O) groups is 1. The molecule has 3 N–H and O–H groups in total. The summed E-state index contributed by atoms with van der Waals surface area (Å²) >= 11 is 4.91. The highest BCUT2D eigenvalue weighted by molar-refractivity contribution is 7.80. The fourth-order valence-electron chi connectivity index (χ4n) is 1.76. The fourth-order valence-corrected chi connectivity index (χ4v) is 1.94. The van der Waals surface area contributed by atoms with Gasteiger partial charge in [-0.1, -0.05) is 25.6 Å². The van der Waals surface area contributed by atoms with E-state index in [4.69, 9.17) is 18.0 Å². The zero-order chi connectivity index (χ0) is 12.8. The van der Waals surface area contributed by atoms with Gasteiger partial charge in [0, 0.05) is 12.2 Å². The van der Waals surface area contributed by atoms with Gasteiger partial charge in [0.15, 0.2) is 0 Å². The number of carbonyl (C=O) groups excluding carboxylic acids is 1. The van der Waals surface area contributed by atoms with Crippen LogP contribution in [0.1, 0.15) is 32.4 Å². The monoisotopic (exact) mass is 253 g/mol. The lowest BCUT2D eigenvalue weighted by atomic mass is 10.2. The summed E-state index contributed by atoms with van der Waals surface area (Å²) in [7, 11) is 0. The number of hydrogen-bond acceptors (Lipinski definition) is 2. The lowest BCUT2D eigenvalue weighted by Crippen LogP contribution is -2.35. The van der Waals surface area contributed by atoms with Crippen molar-refractivity contribution in [2.75, 3.05) is 0 Å². The SMILES string of the molecule is CCCC(C)NC(=O)Cn1cccc1C(N)=S. The van der Waals surface area contributed by atoms with Gasteiger partial charge >= 0.3 is 0 Å². The zero-order valence-corrected chi connectivity index (χ0v) is 11.1. The van der Waals surface area contributed by atoms with Crippen molar-refractivity contribution < 1.29 is 4.79 Å². The van der Waals surface area contributed by atoms with Gasteiger partial charge in [0.25, 0.3) is 0 Å². The van der Waals surface area contributed by atoms with Crippen LogP contribution in [0.3, 0.4) is 0 Å². The second-order valence-electron chi connectivity index (χ2n) is 4.14. The lowest BCUT2D eigenvalue weighted by Gasteiger charge is -2.14. The van der Waals surface area contributed by atoms with Crippen LogP contribution in [0.25, 0.3) is 0 Å². The van der Waals surface area contributed by atoms with Crippen molar-refractivity contribution in [1.29, 1.82) is 0 Å². The van der Waals surface area contributed by atoms with Crippen molar-refractivity contribution in [3.05, 3.63) is 24.0 Å². The van der Waals surface area contributed by atoms with Gasteiger partial charge in [0.1, 0.15) is 11.5 Å². The summed E-state index contributed by atoms with van der Waals surface area (Å²) in [5.74, 6) is -0.0142. The predicted molar refractivity (Wildman–Crippen MR) is 72.8 cm³/mol. The van der Waals surface area contributed by atoms with Crippen LogP contribution < -0.4 is 11.1 Å². The van der Waals surface area contributed by atoms with Gasteiger partial charge in [-0.15, -0.1) is 0 Å². The third-order valence-corrected chi connectivity index (χ3v) is 2.73. The maximum absolute atomic E-state index is 11.8. The topological polar surface area (TPSA) is 60.0 Å². The number of nitrogens with two attached hydrogens (primary N) is 1. The molecule has 0 aliphatic rings. The first-order valence-corrected chi connectivity index (χ1v) is 6.19. The molecule has 0 saturated heterocycles. The number of amides is 1. The highest BCUT2D eigenvalue weighted by Gasteiger charge is 2.10. The third kappa shape index (κ3) is 4.19. The molecule has 1 atom stereocenters. The standard InChI is InChI=1S/C12H19N3OS/c1-3-5-9(2)14-11(16)8-15-7-4-6-10(15)12(13)17/h4,6-7,9H,3,5,8H2,1-2H3,(H2,13,17)(H,14,16). The molecule has 1 aromatic rings. The summed E-state index contributed by atoms with van der Waals surface area (Å²) in [5, 5.41) is 2.94. The average Bonchev–Trinajstić information content (AvgIpc) is 2.65. The minimum Gasteiger partial charge on any atom is -0.388 e. The van der Waals surface area contributed by atoms with Gasteiger partial charge in [-0.25, -0.2) is 0 Å². The van der Waals surface area contributed by atoms with E-state index < -0.39 is 0 Å². The van der Waals surface area contributed by atoms with E-state index in [1.165, 1.54) is 0 Å². The molecule has 0 saturated carbocycles. The highest BCUT2D eigenvalue weighted by atomic mass is 32.1. The smallest absolute Gasteiger partial charge is 0.240 e. The largest absolute Gasteiger partial charge is 0.388 e. The Labute approximate surface area is 107 Å². The quantitative estimate of drug-likeness (QED) is 0.754. The van der Waals surface area contributed by atoms with E-state index in [1.54, 1.807) is 10.8 Å². The van der Waals surface area contributed by atoms with Gasteiger partial charge in [0.2, 0.25) is 5.91 Å². The molecule has 1 amide bonds. The fraction of sp³-hybridized carbons (Fsp3) is 0.500. The van der Waals surface area contributed by atoms with Crippen molar-refractivity contribution in [2.45, 2.75) is 39.3 Å². The van der Waals surface area contributed by atoms with Crippen LogP contribution in [-0.2, 0) is 11.3 Å². The number of aromatic nitrogens is 1. The normalized spacial score (nSPS) is 12.1. The predicted octanol–water partition coefficient (Wildman–Crippen LogP) is 1.43. The molecule has 1 rings (SSSR count). The van der Waals surface area contributed by atoms with Gasteiger partial charge in [-0.05, 0) is 25.5 Å². The first-order chi connectivity index (χ1) is 8.04. The molecule has 0 aromatic carbocycles. The summed E-state index contributed by atoms with van der Waals surface area (Å²) in [6.45, 7) is 4.36. The molecule has 0 radical (unpaired) electrons. The Morgan fingerprint density at radius 1 is 1.65 bits per heavy atom. The van der Waals surface area contributed by atoms with E-state index in [9.17, 15) is 4.79 Å². The molecule has 94 valence electrons. The van der Waals surface area contributed by atoms with E-state index in [1.807, 2.05) is 19.1 Å². The van der Waals surface area contributed by atoms with E-state index in [-0.39, 0.29) is 18.5 Å². The molecule has 1 unspecified atom stereocenters. The zero-order valence-electron chi connectivity index (χ0n) is 10.3. The maximum Gasteiger partial charge on any atom is 0.240 e. The molecule has 0 fully saturated rings.